The number of carbonyl (C=O) groups is 1. The van der Waals surface area contributed by atoms with Crippen LogP contribution in [0, 0.1) is 22.7 Å². The van der Waals surface area contributed by atoms with E-state index in [0.29, 0.717) is 11.3 Å². The molecule has 0 fully saturated rings. The fourth-order valence-electron chi connectivity index (χ4n) is 0.975. The fraction of sp³-hybridized carbons (Fsp3) is 0.0909. The molecule has 0 saturated carbocycles. The van der Waals surface area contributed by atoms with Crippen molar-refractivity contribution in [2.24, 2.45) is 5.10 Å². The maximum atomic E-state index is 11.0. The largest absolute Gasteiger partial charge is 0.295 e. The van der Waals surface area contributed by atoms with Crippen molar-refractivity contribution < 1.29 is 4.79 Å². The van der Waals surface area contributed by atoms with Crippen molar-refractivity contribution in [1.82, 2.24) is 0 Å². The summed E-state index contributed by atoms with van der Waals surface area (Å²) in [5, 5.41) is 20.4. The second-order valence-electron chi connectivity index (χ2n) is 2.93. The molecule has 0 heterocycles. The molecule has 0 amide bonds. The highest BCUT2D eigenvalue weighted by Crippen LogP contribution is 2.09. The van der Waals surface area contributed by atoms with E-state index in [1.54, 1.807) is 36.4 Å². The summed E-state index contributed by atoms with van der Waals surface area (Å²) in [7, 11) is 0. The Morgan fingerprint density at radius 2 is 1.81 bits per heavy atom. The Morgan fingerprint density at radius 3 is 2.25 bits per heavy atom. The molecular formula is C11H8N4O. The van der Waals surface area contributed by atoms with E-state index in [1.165, 1.54) is 6.92 Å². The van der Waals surface area contributed by atoms with Crippen molar-refractivity contribution in [3.05, 3.63) is 29.8 Å². The second kappa shape index (κ2) is 5.28. The highest BCUT2D eigenvalue weighted by atomic mass is 16.1. The van der Waals surface area contributed by atoms with Gasteiger partial charge in [0.25, 0.3) is 0 Å². The molecule has 0 aliphatic heterocycles. The maximum absolute atomic E-state index is 11.0. The average molecular weight is 212 g/mol. The highest BCUT2D eigenvalue weighted by molar-refractivity contribution is 6.10. The molecule has 0 aromatic heterocycles. The molecule has 5 heteroatoms. The zero-order valence-electron chi connectivity index (χ0n) is 8.56. The number of carbonyl (C=O) groups excluding carboxylic acids is 1. The van der Waals surface area contributed by atoms with Crippen LogP contribution in [0.15, 0.2) is 29.4 Å². The Labute approximate surface area is 92.6 Å². The molecule has 16 heavy (non-hydrogen) atoms. The van der Waals surface area contributed by atoms with Crippen LogP contribution >= 0.6 is 0 Å². The van der Waals surface area contributed by atoms with E-state index in [2.05, 4.69) is 10.5 Å². The summed E-state index contributed by atoms with van der Waals surface area (Å²) >= 11 is 0. The summed E-state index contributed by atoms with van der Waals surface area (Å²) in [5.41, 5.74) is 3.49. The van der Waals surface area contributed by atoms with Crippen molar-refractivity contribution in [2.45, 2.75) is 6.92 Å². The first kappa shape index (κ1) is 11.4. The number of Topliss-reactive ketones (excluding diaryl/α,β-unsaturated/α-hetero) is 1. The highest BCUT2D eigenvalue weighted by Gasteiger charge is 1.98. The normalized spacial score (nSPS) is 8.44. The van der Waals surface area contributed by atoms with E-state index >= 15 is 0 Å². The summed E-state index contributed by atoms with van der Waals surface area (Å²) in [6.45, 7) is 1.48. The Bertz CT molecular complexity index is 486. The molecule has 0 aliphatic rings. The first-order valence-electron chi connectivity index (χ1n) is 4.42. The molecule has 1 aromatic carbocycles. The second-order valence-corrected chi connectivity index (χ2v) is 2.93. The van der Waals surface area contributed by atoms with E-state index in [4.69, 9.17) is 10.5 Å². The number of nitrogens with zero attached hydrogens (tertiary/aromatic N) is 3. The van der Waals surface area contributed by atoms with E-state index in [9.17, 15) is 4.79 Å². The SMILES string of the molecule is CC(=O)c1ccc(NN=C(C#N)C#N)cc1. The summed E-state index contributed by atoms with van der Waals surface area (Å²) < 4.78 is 0. The minimum absolute atomic E-state index is 0.0233. The van der Waals surface area contributed by atoms with Crippen LogP contribution in [0.1, 0.15) is 17.3 Å². The lowest BCUT2D eigenvalue weighted by Crippen LogP contribution is -1.97. The van der Waals surface area contributed by atoms with Crippen LogP contribution in [0.5, 0.6) is 0 Å². The Morgan fingerprint density at radius 1 is 1.25 bits per heavy atom. The van der Waals surface area contributed by atoms with Gasteiger partial charge in [0.2, 0.25) is 5.71 Å². The molecule has 0 saturated heterocycles. The molecule has 1 aromatic rings. The van der Waals surface area contributed by atoms with Crippen LogP contribution in [-0.2, 0) is 0 Å². The summed E-state index contributed by atoms with van der Waals surface area (Å²) in [6, 6.07) is 9.81. The lowest BCUT2D eigenvalue weighted by atomic mass is 10.1. The van der Waals surface area contributed by atoms with Crippen molar-refractivity contribution in [1.29, 1.82) is 10.5 Å². The molecular weight excluding hydrogens is 204 g/mol. The number of benzene rings is 1. The van der Waals surface area contributed by atoms with Crippen molar-refractivity contribution in [2.75, 3.05) is 5.43 Å². The molecule has 1 rings (SSSR count). The third-order valence-corrected chi connectivity index (χ3v) is 1.80. The van der Waals surface area contributed by atoms with Crippen LogP contribution in [0.3, 0.4) is 0 Å². The van der Waals surface area contributed by atoms with E-state index in [-0.39, 0.29) is 11.5 Å². The van der Waals surface area contributed by atoms with Crippen LogP contribution in [-0.4, -0.2) is 11.5 Å². The van der Waals surface area contributed by atoms with E-state index < -0.39 is 0 Å². The van der Waals surface area contributed by atoms with Crippen LogP contribution in [0.2, 0.25) is 0 Å². The van der Waals surface area contributed by atoms with Gasteiger partial charge in [-0.3, -0.25) is 10.2 Å². The first-order valence-corrected chi connectivity index (χ1v) is 4.42. The molecule has 0 aliphatic carbocycles. The topological polar surface area (TPSA) is 89.0 Å². The van der Waals surface area contributed by atoms with Gasteiger partial charge in [0, 0.05) is 5.56 Å². The summed E-state index contributed by atoms with van der Waals surface area (Å²) in [6.07, 6.45) is 0. The molecule has 78 valence electrons. The number of hydrogen-bond donors (Lipinski definition) is 1. The number of ketones is 1. The van der Waals surface area contributed by atoms with Gasteiger partial charge in [0.05, 0.1) is 5.69 Å². The third kappa shape index (κ3) is 2.93. The van der Waals surface area contributed by atoms with Gasteiger partial charge >= 0.3 is 0 Å². The van der Waals surface area contributed by atoms with Crippen molar-refractivity contribution in [3.63, 3.8) is 0 Å². The molecule has 5 nitrogen and oxygen atoms in total. The predicted octanol–water partition coefficient (Wildman–Crippen LogP) is 1.70. The lowest BCUT2D eigenvalue weighted by Gasteiger charge is -2.00. The van der Waals surface area contributed by atoms with Gasteiger partial charge in [-0.15, -0.1) is 0 Å². The van der Waals surface area contributed by atoms with E-state index in [1.807, 2.05) is 0 Å². The molecule has 1 N–H and O–H groups in total. The zero-order chi connectivity index (χ0) is 12.0. The van der Waals surface area contributed by atoms with Gasteiger partial charge in [-0.1, -0.05) is 0 Å². The van der Waals surface area contributed by atoms with Crippen molar-refractivity contribution in [3.8, 4) is 12.1 Å². The Balaban J connectivity index is 2.78. The van der Waals surface area contributed by atoms with Crippen molar-refractivity contribution >= 4 is 17.2 Å². The molecule has 0 spiro atoms. The standard InChI is InChI=1S/C11H8N4O/c1-8(16)9-2-4-10(5-3-9)14-15-11(6-12)7-13/h2-5,14H,1H3. The van der Waals surface area contributed by atoms with E-state index in [0.717, 1.165) is 0 Å². The number of anilines is 1. The van der Waals surface area contributed by atoms with Crippen LogP contribution < -0.4 is 5.43 Å². The predicted molar refractivity (Wildman–Crippen MR) is 58.7 cm³/mol. The van der Waals surface area contributed by atoms with Gasteiger partial charge in [-0.25, -0.2) is 0 Å². The maximum Gasteiger partial charge on any atom is 0.237 e. The first-order chi connectivity index (χ1) is 7.67. The minimum atomic E-state index is -0.254. The third-order valence-electron chi connectivity index (χ3n) is 1.80. The average Bonchev–Trinajstić information content (AvgIpc) is 2.31. The van der Waals surface area contributed by atoms with Gasteiger partial charge in [-0.05, 0) is 31.2 Å². The lowest BCUT2D eigenvalue weighted by molar-refractivity contribution is 0.101. The van der Waals surface area contributed by atoms with Crippen LogP contribution in [0.25, 0.3) is 0 Å². The Hall–Kier alpha value is -2.66. The zero-order valence-corrected chi connectivity index (χ0v) is 8.56. The number of hydrazone groups is 1. The molecule has 0 atom stereocenters. The molecule has 0 bridgehead atoms. The monoisotopic (exact) mass is 212 g/mol. The van der Waals surface area contributed by atoms with Gasteiger partial charge in [0.15, 0.2) is 5.78 Å². The van der Waals surface area contributed by atoms with Crippen LogP contribution in [0.4, 0.5) is 5.69 Å². The smallest absolute Gasteiger partial charge is 0.237 e. The fourth-order valence-corrected chi connectivity index (χ4v) is 0.975. The van der Waals surface area contributed by atoms with Gasteiger partial charge < -0.3 is 0 Å². The summed E-state index contributed by atoms with van der Waals surface area (Å²) in [5.74, 6) is -0.0233. The molecule has 0 radical (unpaired) electrons. The van der Waals surface area contributed by atoms with Gasteiger partial charge in [-0.2, -0.15) is 15.6 Å². The number of nitrogens with one attached hydrogen (secondary N) is 1. The number of rotatable bonds is 3. The minimum Gasteiger partial charge on any atom is -0.295 e. The number of hydrogen-bond acceptors (Lipinski definition) is 5. The Kier molecular flexibility index (Phi) is 3.77. The summed E-state index contributed by atoms with van der Waals surface area (Å²) in [4.78, 5) is 11.0. The number of nitriles is 2. The molecule has 0 unspecified atom stereocenters. The van der Waals surface area contributed by atoms with Gasteiger partial charge in [0.1, 0.15) is 12.1 Å². The quantitative estimate of drug-likeness (QED) is 0.469.